The van der Waals surface area contributed by atoms with E-state index >= 15 is 0 Å². The van der Waals surface area contributed by atoms with Crippen molar-refractivity contribution in [3.05, 3.63) is 82.2 Å². The lowest BCUT2D eigenvalue weighted by Gasteiger charge is -2.43. The molecule has 4 aromatic rings. The van der Waals surface area contributed by atoms with E-state index in [-0.39, 0.29) is 46.3 Å². The number of nitrogens with zero attached hydrogens (tertiary/aromatic N) is 2. The number of carbonyl (C=O) groups excluding carboxylic acids is 1. The Balaban J connectivity index is 1.50. The van der Waals surface area contributed by atoms with E-state index in [9.17, 15) is 19.1 Å². The summed E-state index contributed by atoms with van der Waals surface area (Å²) < 4.78 is 21.1. The number of carboxylic acid groups (broad SMARTS) is 1. The molecule has 2 aromatic heterocycles. The van der Waals surface area contributed by atoms with Crippen LogP contribution in [0.15, 0.2) is 60.9 Å². The van der Waals surface area contributed by atoms with Gasteiger partial charge in [0.15, 0.2) is 0 Å². The summed E-state index contributed by atoms with van der Waals surface area (Å²) in [6.45, 7) is 6.38. The van der Waals surface area contributed by atoms with E-state index in [4.69, 9.17) is 16.3 Å². The van der Waals surface area contributed by atoms with Crippen LogP contribution in [0.5, 0.6) is 5.75 Å². The zero-order valence-corrected chi connectivity index (χ0v) is 26.8. The molecule has 2 heterocycles. The van der Waals surface area contributed by atoms with Gasteiger partial charge in [0.2, 0.25) is 0 Å². The van der Waals surface area contributed by atoms with E-state index in [1.807, 2.05) is 56.0 Å². The number of rotatable bonds is 8. The first-order valence-corrected chi connectivity index (χ1v) is 15.9. The van der Waals surface area contributed by atoms with Gasteiger partial charge in [0.25, 0.3) is 5.91 Å². The Morgan fingerprint density at radius 3 is 2.50 bits per heavy atom. The Morgan fingerprint density at radius 1 is 1.14 bits per heavy atom. The number of carbonyl (C=O) groups is 2. The van der Waals surface area contributed by atoms with Gasteiger partial charge >= 0.3 is 6.09 Å². The van der Waals surface area contributed by atoms with E-state index in [0.717, 1.165) is 29.5 Å². The lowest BCUT2D eigenvalue weighted by molar-refractivity contribution is 0.0543. The number of benzene rings is 2. The van der Waals surface area contributed by atoms with Crippen LogP contribution >= 0.6 is 22.9 Å². The number of fused-ring (bicyclic) bond motifs is 1. The number of ether oxygens (including phenoxy) is 1. The molecule has 0 radical (unpaired) electrons. The normalized spacial score (nSPS) is 17.7. The van der Waals surface area contributed by atoms with E-state index in [1.54, 1.807) is 31.6 Å². The quantitative estimate of drug-likeness (QED) is 0.202. The summed E-state index contributed by atoms with van der Waals surface area (Å²) in [6.07, 6.45) is 5.35. The fraction of sp³-hybridized carbons (Fsp3) is 0.382. The summed E-state index contributed by atoms with van der Waals surface area (Å²) in [5, 5.41) is 12.7. The molecule has 7 nitrogen and oxygen atoms in total. The van der Waals surface area contributed by atoms with Crippen molar-refractivity contribution >= 4 is 45.0 Å². The number of amides is 2. The van der Waals surface area contributed by atoms with Crippen LogP contribution < -0.4 is 10.1 Å². The Labute approximate surface area is 266 Å². The van der Waals surface area contributed by atoms with Gasteiger partial charge in [0.1, 0.15) is 16.4 Å². The smallest absolute Gasteiger partial charge is 0.404 e. The maximum absolute atomic E-state index is 14.8. The van der Waals surface area contributed by atoms with Gasteiger partial charge in [-0.15, -0.1) is 11.3 Å². The summed E-state index contributed by atoms with van der Waals surface area (Å²) >= 11 is 7.89. The van der Waals surface area contributed by atoms with Crippen LogP contribution in [0.1, 0.15) is 61.7 Å². The second kappa shape index (κ2) is 13.1. The minimum absolute atomic E-state index is 0.126. The van der Waals surface area contributed by atoms with Gasteiger partial charge in [0.05, 0.1) is 12.1 Å². The van der Waals surface area contributed by atoms with Crippen LogP contribution in [-0.2, 0) is 6.54 Å². The molecule has 1 atom stereocenters. The lowest BCUT2D eigenvalue weighted by atomic mass is 9.72. The molecule has 10 heteroatoms. The van der Waals surface area contributed by atoms with Crippen molar-refractivity contribution in [3.63, 3.8) is 0 Å². The number of hydrogen-bond donors (Lipinski definition) is 2. The molecule has 5 rings (SSSR count). The third-order valence-electron chi connectivity index (χ3n) is 8.54. The Hall–Kier alpha value is -3.69. The number of halogens is 2. The molecule has 1 aliphatic rings. The third kappa shape index (κ3) is 6.69. The van der Waals surface area contributed by atoms with Crippen molar-refractivity contribution in [2.75, 3.05) is 7.11 Å². The average Bonchev–Trinajstić information content (AvgIpc) is 3.35. The third-order valence-corrected chi connectivity index (χ3v) is 10.2. The first kappa shape index (κ1) is 31.7. The van der Waals surface area contributed by atoms with Gasteiger partial charge in [-0.1, -0.05) is 50.6 Å². The molecule has 232 valence electrons. The highest BCUT2D eigenvalue weighted by molar-refractivity contribution is 7.21. The minimum Gasteiger partial charge on any atom is -0.496 e. The second-order valence-electron chi connectivity index (χ2n) is 12.4. The van der Waals surface area contributed by atoms with Crippen LogP contribution in [0.2, 0.25) is 5.02 Å². The van der Waals surface area contributed by atoms with Crippen molar-refractivity contribution in [1.82, 2.24) is 15.2 Å². The minimum atomic E-state index is -1.03. The van der Waals surface area contributed by atoms with Crippen LogP contribution in [0.3, 0.4) is 0 Å². The van der Waals surface area contributed by atoms with E-state index in [0.29, 0.717) is 28.2 Å². The van der Waals surface area contributed by atoms with Crippen LogP contribution in [-0.4, -0.2) is 46.2 Å². The number of nitrogens with one attached hydrogen (secondary N) is 1. The number of pyridine rings is 1. The van der Waals surface area contributed by atoms with Gasteiger partial charge in [-0.2, -0.15) is 0 Å². The van der Waals surface area contributed by atoms with Crippen LogP contribution in [0.4, 0.5) is 9.18 Å². The van der Waals surface area contributed by atoms with E-state index in [1.165, 1.54) is 17.4 Å². The summed E-state index contributed by atoms with van der Waals surface area (Å²) in [4.78, 5) is 32.4. The average molecular weight is 638 g/mol. The summed E-state index contributed by atoms with van der Waals surface area (Å²) in [7, 11) is 1.60. The predicted octanol–water partition coefficient (Wildman–Crippen LogP) is 8.65. The second-order valence-corrected chi connectivity index (χ2v) is 13.9. The largest absolute Gasteiger partial charge is 0.496 e. The molecule has 0 saturated heterocycles. The Bertz CT molecular complexity index is 1650. The van der Waals surface area contributed by atoms with Crippen LogP contribution in [0.25, 0.3) is 21.2 Å². The molecule has 0 spiro atoms. The Morgan fingerprint density at radius 2 is 1.89 bits per heavy atom. The molecular weight excluding hydrogens is 601 g/mol. The van der Waals surface area contributed by atoms with Crippen molar-refractivity contribution < 1.29 is 23.8 Å². The molecule has 2 aromatic carbocycles. The summed E-state index contributed by atoms with van der Waals surface area (Å²) in [6, 6.07) is 14.1. The monoisotopic (exact) mass is 637 g/mol. The maximum Gasteiger partial charge on any atom is 0.404 e. The lowest BCUT2D eigenvalue weighted by Crippen LogP contribution is -2.50. The zero-order valence-electron chi connectivity index (χ0n) is 25.3. The predicted molar refractivity (Wildman–Crippen MR) is 173 cm³/mol. The van der Waals surface area contributed by atoms with Gasteiger partial charge in [-0.25, -0.2) is 9.18 Å². The molecule has 0 bridgehead atoms. The number of thiophene rings is 1. The highest BCUT2D eigenvalue weighted by atomic mass is 35.5. The first-order chi connectivity index (χ1) is 21.0. The fourth-order valence-electron chi connectivity index (χ4n) is 6.43. The van der Waals surface area contributed by atoms with E-state index in [2.05, 4.69) is 10.3 Å². The SMILES string of the molecule is COc1ccc(-c2cccnc2)cc1CN(C(=O)c1sc2cccc(F)c2c1Cl)C1CCC(C(NC(=O)O)C(C)(C)C)CC1. The van der Waals surface area contributed by atoms with Gasteiger partial charge in [0, 0.05) is 52.2 Å². The molecule has 1 unspecified atom stereocenters. The highest BCUT2D eigenvalue weighted by Crippen LogP contribution is 2.41. The molecule has 0 aliphatic heterocycles. The van der Waals surface area contributed by atoms with Gasteiger partial charge in [-0.3, -0.25) is 9.78 Å². The van der Waals surface area contributed by atoms with Crippen molar-refractivity contribution in [2.45, 2.75) is 65.1 Å². The van der Waals surface area contributed by atoms with E-state index < -0.39 is 11.9 Å². The van der Waals surface area contributed by atoms with Crippen LogP contribution in [0, 0.1) is 17.2 Å². The highest BCUT2D eigenvalue weighted by Gasteiger charge is 2.39. The van der Waals surface area contributed by atoms with Crippen molar-refractivity contribution in [2.24, 2.45) is 11.3 Å². The molecule has 2 amide bonds. The van der Waals surface area contributed by atoms with Gasteiger partial charge < -0.3 is 20.1 Å². The van der Waals surface area contributed by atoms with Gasteiger partial charge in [-0.05, 0) is 72.9 Å². The fourth-order valence-corrected chi connectivity index (χ4v) is 7.93. The standard InChI is InChI=1S/C34H37ClFN3O4S/c1-34(2,3)31(38-33(41)42)20-10-13-24(14-11-20)39(32(40)30-29(35)28-25(36)8-5-9-27(28)44-30)19-23-17-21(12-15-26(23)43-4)22-7-6-16-37-18-22/h5-9,12,15-18,20,24,31,38H,10-11,13-14,19H2,1-4H3,(H,41,42). The summed E-state index contributed by atoms with van der Waals surface area (Å²) in [5.41, 5.74) is 2.45. The molecule has 1 fully saturated rings. The van der Waals surface area contributed by atoms with Crippen molar-refractivity contribution in [3.8, 4) is 16.9 Å². The topological polar surface area (TPSA) is 91.8 Å². The molecule has 2 N–H and O–H groups in total. The number of methoxy groups -OCH3 is 1. The maximum atomic E-state index is 14.8. The number of hydrogen-bond acceptors (Lipinski definition) is 5. The molecule has 44 heavy (non-hydrogen) atoms. The molecule has 1 aliphatic carbocycles. The van der Waals surface area contributed by atoms with Crippen molar-refractivity contribution in [1.29, 1.82) is 0 Å². The summed E-state index contributed by atoms with van der Waals surface area (Å²) in [5.74, 6) is 0.0598. The molecule has 1 saturated carbocycles. The first-order valence-electron chi connectivity index (χ1n) is 14.7. The molecular formula is C34H37ClFN3O4S. The zero-order chi connectivity index (χ0) is 31.6. The number of aromatic nitrogens is 1. The Kier molecular flexibility index (Phi) is 9.46.